The van der Waals surface area contributed by atoms with E-state index in [1.165, 1.54) is 12.8 Å². The van der Waals surface area contributed by atoms with Crippen LogP contribution in [0.2, 0.25) is 5.15 Å². The number of nitrogens with zero attached hydrogens (tertiary/aromatic N) is 2. The maximum Gasteiger partial charge on any atom is 0.302 e. The Morgan fingerprint density at radius 1 is 1.29 bits per heavy atom. The van der Waals surface area contributed by atoms with Crippen molar-refractivity contribution in [1.82, 2.24) is 20.7 Å². The number of likely N-dealkylation sites (tertiary alicyclic amines) is 1. The van der Waals surface area contributed by atoms with Crippen LogP contribution >= 0.6 is 11.6 Å². The van der Waals surface area contributed by atoms with Gasteiger partial charge in [-0.3, -0.25) is 10.2 Å². The highest BCUT2D eigenvalue weighted by atomic mass is 35.5. The zero-order valence-electron chi connectivity index (χ0n) is 15.8. The van der Waals surface area contributed by atoms with Crippen molar-refractivity contribution in [1.29, 1.82) is 0 Å². The number of carbonyl (C=O) groups excluding carboxylic acids is 1. The molecule has 3 N–H and O–H groups in total. The van der Waals surface area contributed by atoms with Crippen LogP contribution in [0.25, 0.3) is 10.9 Å². The van der Waals surface area contributed by atoms with E-state index in [0.717, 1.165) is 42.4 Å². The number of aliphatic imine (C=N–C) groups is 1. The SMILES string of the molecule is CC(N=C1NNC(c2c(Cl)[nH]c3ccccc23)O1)C(=O)N1CCC2(CC1)CC2. The number of carbonyl (C=O) groups is 1. The molecule has 2 unspecified atom stereocenters. The van der Waals surface area contributed by atoms with E-state index in [1.807, 2.05) is 36.1 Å². The molecule has 8 heteroatoms. The molecule has 3 aliphatic rings. The number of benzene rings is 1. The number of halogens is 1. The maximum absolute atomic E-state index is 12.7. The number of ether oxygens (including phenoxy) is 1. The molecule has 1 aliphatic carbocycles. The topological polar surface area (TPSA) is 81.7 Å². The second kappa shape index (κ2) is 6.67. The van der Waals surface area contributed by atoms with E-state index >= 15 is 0 Å². The summed E-state index contributed by atoms with van der Waals surface area (Å²) in [6.45, 7) is 3.50. The maximum atomic E-state index is 12.7. The normalized spacial score (nSPS) is 25.7. The molecule has 2 aliphatic heterocycles. The number of amides is 1. The van der Waals surface area contributed by atoms with Gasteiger partial charge < -0.3 is 14.6 Å². The third kappa shape index (κ3) is 3.12. The smallest absolute Gasteiger partial charge is 0.302 e. The molecule has 1 aromatic carbocycles. The lowest BCUT2D eigenvalue weighted by Crippen LogP contribution is -2.43. The van der Waals surface area contributed by atoms with Gasteiger partial charge in [0, 0.05) is 24.0 Å². The largest absolute Gasteiger partial charge is 0.439 e. The number of hydrogen-bond donors (Lipinski definition) is 3. The number of para-hydroxylation sites is 1. The predicted molar refractivity (Wildman–Crippen MR) is 108 cm³/mol. The van der Waals surface area contributed by atoms with Crippen LogP contribution in [-0.4, -0.2) is 40.9 Å². The minimum atomic E-state index is -0.491. The van der Waals surface area contributed by atoms with Crippen LogP contribution in [0.15, 0.2) is 29.3 Å². The van der Waals surface area contributed by atoms with Gasteiger partial charge in [0.1, 0.15) is 11.2 Å². The van der Waals surface area contributed by atoms with Crippen molar-refractivity contribution < 1.29 is 9.53 Å². The molecule has 1 saturated carbocycles. The van der Waals surface area contributed by atoms with Crippen LogP contribution in [0.1, 0.15) is 44.4 Å². The minimum Gasteiger partial charge on any atom is -0.439 e. The Labute approximate surface area is 168 Å². The summed E-state index contributed by atoms with van der Waals surface area (Å²) in [5.41, 5.74) is 8.30. The molecule has 1 amide bonds. The molecular formula is C20H24ClN5O2. The lowest BCUT2D eigenvalue weighted by atomic mass is 9.93. The molecule has 148 valence electrons. The van der Waals surface area contributed by atoms with Crippen LogP contribution in [0.4, 0.5) is 0 Å². The standard InChI is InChI=1S/C20H24ClN5O2/c1-12(18(27)26-10-8-20(6-7-20)9-11-26)22-19-25-24-17(28-19)15-13-4-2-3-5-14(13)23-16(15)21/h2-5,12,17,23-24H,6-11H2,1H3,(H,22,25). The van der Waals surface area contributed by atoms with E-state index in [1.54, 1.807) is 0 Å². The van der Waals surface area contributed by atoms with Gasteiger partial charge in [0.15, 0.2) is 6.23 Å². The summed E-state index contributed by atoms with van der Waals surface area (Å²) in [7, 11) is 0. The zero-order valence-corrected chi connectivity index (χ0v) is 16.6. The second-order valence-electron chi connectivity index (χ2n) is 8.10. The number of fused-ring (bicyclic) bond motifs is 1. The Morgan fingerprint density at radius 3 is 2.79 bits per heavy atom. The van der Waals surface area contributed by atoms with Gasteiger partial charge in [-0.2, -0.15) is 5.43 Å². The summed E-state index contributed by atoms with van der Waals surface area (Å²) in [5.74, 6) is 0.0574. The summed E-state index contributed by atoms with van der Waals surface area (Å²) in [6.07, 6.45) is 4.43. The summed E-state index contributed by atoms with van der Waals surface area (Å²) in [6, 6.07) is 7.68. The Morgan fingerprint density at radius 2 is 2.04 bits per heavy atom. The van der Waals surface area contributed by atoms with E-state index in [9.17, 15) is 4.79 Å². The monoisotopic (exact) mass is 401 g/mol. The Hall–Kier alpha value is -2.25. The molecular weight excluding hydrogens is 378 g/mol. The number of hydrogen-bond acceptors (Lipinski definition) is 4. The van der Waals surface area contributed by atoms with Crippen LogP contribution < -0.4 is 10.9 Å². The average molecular weight is 402 g/mol. The van der Waals surface area contributed by atoms with E-state index < -0.39 is 12.3 Å². The number of aromatic amines is 1. The molecule has 7 nitrogen and oxygen atoms in total. The highest BCUT2D eigenvalue weighted by Gasteiger charge is 2.45. The van der Waals surface area contributed by atoms with E-state index in [-0.39, 0.29) is 5.91 Å². The molecule has 3 fully saturated rings. The average Bonchev–Trinajstić information content (AvgIpc) is 3.14. The summed E-state index contributed by atoms with van der Waals surface area (Å²) < 4.78 is 5.90. The van der Waals surface area contributed by atoms with Crippen LogP contribution in [-0.2, 0) is 9.53 Å². The van der Waals surface area contributed by atoms with Crippen molar-refractivity contribution >= 4 is 34.4 Å². The second-order valence-corrected chi connectivity index (χ2v) is 8.48. The zero-order chi connectivity index (χ0) is 19.3. The Kier molecular flexibility index (Phi) is 4.25. The van der Waals surface area contributed by atoms with Gasteiger partial charge in [0.25, 0.3) is 0 Å². The number of H-pyrrole nitrogens is 1. The van der Waals surface area contributed by atoms with Gasteiger partial charge >= 0.3 is 6.02 Å². The first-order chi connectivity index (χ1) is 13.5. The number of nitrogens with one attached hydrogen (secondary N) is 3. The van der Waals surface area contributed by atoms with Crippen LogP contribution in [0.3, 0.4) is 0 Å². The third-order valence-electron chi connectivity index (χ3n) is 6.26. The molecule has 0 radical (unpaired) electrons. The molecule has 28 heavy (non-hydrogen) atoms. The first kappa shape index (κ1) is 17.8. The highest BCUT2D eigenvalue weighted by molar-refractivity contribution is 6.31. The van der Waals surface area contributed by atoms with Crippen molar-refractivity contribution in [3.05, 3.63) is 35.0 Å². The van der Waals surface area contributed by atoms with E-state index in [0.29, 0.717) is 16.6 Å². The van der Waals surface area contributed by atoms with Crippen molar-refractivity contribution in [3.63, 3.8) is 0 Å². The molecule has 2 saturated heterocycles. The summed E-state index contributed by atoms with van der Waals surface area (Å²) >= 11 is 6.38. The lowest BCUT2D eigenvalue weighted by molar-refractivity contribution is -0.133. The summed E-state index contributed by atoms with van der Waals surface area (Å²) in [4.78, 5) is 22.3. The molecule has 5 rings (SSSR count). The molecule has 2 aromatic rings. The number of piperidine rings is 1. The minimum absolute atomic E-state index is 0.0574. The molecule has 1 spiro atoms. The first-order valence-electron chi connectivity index (χ1n) is 9.86. The number of hydrazine groups is 1. The van der Waals surface area contributed by atoms with Crippen molar-refractivity contribution in [2.24, 2.45) is 10.4 Å². The fourth-order valence-electron chi connectivity index (χ4n) is 4.25. The highest BCUT2D eigenvalue weighted by Crippen LogP contribution is 2.53. The predicted octanol–water partition coefficient (Wildman–Crippen LogP) is 3.09. The van der Waals surface area contributed by atoms with Crippen molar-refractivity contribution in [2.75, 3.05) is 13.1 Å². The molecule has 2 atom stereocenters. The van der Waals surface area contributed by atoms with Gasteiger partial charge in [0.05, 0.1) is 5.56 Å². The van der Waals surface area contributed by atoms with Crippen molar-refractivity contribution in [3.8, 4) is 0 Å². The summed E-state index contributed by atoms with van der Waals surface area (Å²) in [5, 5.41) is 1.51. The van der Waals surface area contributed by atoms with Gasteiger partial charge in [-0.05, 0) is 44.1 Å². The van der Waals surface area contributed by atoms with Gasteiger partial charge in [-0.15, -0.1) is 0 Å². The number of amidine groups is 1. The lowest BCUT2D eigenvalue weighted by Gasteiger charge is -2.33. The fourth-order valence-corrected chi connectivity index (χ4v) is 4.56. The van der Waals surface area contributed by atoms with Gasteiger partial charge in [-0.1, -0.05) is 29.8 Å². The van der Waals surface area contributed by atoms with Gasteiger partial charge in [-0.25, -0.2) is 4.99 Å². The van der Waals surface area contributed by atoms with Crippen LogP contribution in [0, 0.1) is 5.41 Å². The van der Waals surface area contributed by atoms with Crippen LogP contribution in [0.5, 0.6) is 0 Å². The Balaban J connectivity index is 1.26. The van der Waals surface area contributed by atoms with E-state index in [2.05, 4.69) is 20.8 Å². The van der Waals surface area contributed by atoms with Gasteiger partial charge in [0.2, 0.25) is 5.91 Å². The number of rotatable bonds is 3. The van der Waals surface area contributed by atoms with E-state index in [4.69, 9.17) is 16.3 Å². The third-order valence-corrected chi connectivity index (χ3v) is 6.56. The fraction of sp³-hybridized carbons (Fsp3) is 0.500. The molecule has 0 bridgehead atoms. The van der Waals surface area contributed by atoms with Crippen molar-refractivity contribution in [2.45, 2.75) is 44.9 Å². The molecule has 1 aromatic heterocycles. The Bertz CT molecular complexity index is 941. The quantitative estimate of drug-likeness (QED) is 0.738. The number of aromatic nitrogens is 1. The molecule has 3 heterocycles. The first-order valence-corrected chi connectivity index (χ1v) is 10.2.